The Bertz CT molecular complexity index is 453. The molecule has 0 saturated heterocycles. The molecular formula is C14H18N2O2. The van der Waals surface area contributed by atoms with Crippen LogP contribution in [0, 0.1) is 0 Å². The summed E-state index contributed by atoms with van der Waals surface area (Å²) in [4.78, 5) is 20.1. The number of nitrogens with zero attached hydrogens (tertiary/aromatic N) is 1. The normalized spacial score (nSPS) is 8.72. The third-order valence-electron chi connectivity index (χ3n) is 2.42. The number of rotatable bonds is 3. The summed E-state index contributed by atoms with van der Waals surface area (Å²) in [7, 11) is 0. The van der Waals surface area contributed by atoms with Gasteiger partial charge in [0.25, 0.3) is 0 Å². The van der Waals surface area contributed by atoms with E-state index in [1.165, 1.54) is 16.3 Å². The number of fused-ring (bicyclic) bond motifs is 1. The van der Waals surface area contributed by atoms with Crippen LogP contribution in [0.25, 0.3) is 10.8 Å². The van der Waals surface area contributed by atoms with Crippen molar-refractivity contribution in [2.24, 2.45) is 5.73 Å². The summed E-state index contributed by atoms with van der Waals surface area (Å²) in [6.07, 6.45) is 5.84. The van der Waals surface area contributed by atoms with E-state index in [0.717, 1.165) is 19.4 Å². The van der Waals surface area contributed by atoms with E-state index in [-0.39, 0.29) is 0 Å². The molecule has 0 aliphatic rings. The highest BCUT2D eigenvalue weighted by Gasteiger charge is 1.99. The number of carbonyl (C=O) groups excluding carboxylic acids is 2. The average Bonchev–Trinajstić information content (AvgIpc) is 2.49. The van der Waals surface area contributed by atoms with Gasteiger partial charge in [-0.1, -0.05) is 18.2 Å². The van der Waals surface area contributed by atoms with Crippen molar-refractivity contribution in [1.29, 1.82) is 0 Å². The number of carbonyl (C=O) groups is 2. The second-order valence-electron chi connectivity index (χ2n) is 3.41. The number of pyridine rings is 1. The minimum Gasteiger partial charge on any atom is -0.330 e. The molecule has 1 heterocycles. The Balaban J connectivity index is 0.000000659. The zero-order valence-electron chi connectivity index (χ0n) is 10.3. The van der Waals surface area contributed by atoms with Gasteiger partial charge in [-0.3, -0.25) is 4.98 Å². The fourth-order valence-corrected chi connectivity index (χ4v) is 1.70. The van der Waals surface area contributed by atoms with Crippen LogP contribution in [0.2, 0.25) is 0 Å². The van der Waals surface area contributed by atoms with Crippen LogP contribution in [-0.2, 0) is 16.0 Å². The van der Waals surface area contributed by atoms with Gasteiger partial charge in [0.15, 0.2) is 0 Å². The van der Waals surface area contributed by atoms with E-state index in [4.69, 9.17) is 15.3 Å². The van der Waals surface area contributed by atoms with Crippen molar-refractivity contribution in [2.45, 2.75) is 12.8 Å². The van der Waals surface area contributed by atoms with Crippen LogP contribution in [0.3, 0.4) is 0 Å². The van der Waals surface area contributed by atoms with Crippen molar-refractivity contribution in [2.75, 3.05) is 6.54 Å². The Hall–Kier alpha value is -2.07. The van der Waals surface area contributed by atoms with Crippen LogP contribution in [-0.4, -0.2) is 25.1 Å². The topological polar surface area (TPSA) is 73.0 Å². The summed E-state index contributed by atoms with van der Waals surface area (Å²) in [6.45, 7) is 4.75. The van der Waals surface area contributed by atoms with E-state index in [2.05, 4.69) is 29.2 Å². The molecule has 0 amide bonds. The molecule has 0 atom stereocenters. The van der Waals surface area contributed by atoms with Crippen molar-refractivity contribution in [1.82, 2.24) is 4.98 Å². The monoisotopic (exact) mass is 246 g/mol. The van der Waals surface area contributed by atoms with Crippen LogP contribution in [0.4, 0.5) is 0 Å². The summed E-state index contributed by atoms with van der Waals surface area (Å²) in [5.74, 6) is 0. The predicted octanol–water partition coefficient (Wildman–Crippen LogP) is 1.76. The first kappa shape index (κ1) is 15.9. The van der Waals surface area contributed by atoms with Gasteiger partial charge in [-0.15, -0.1) is 0 Å². The Kier molecular flexibility index (Phi) is 8.95. The SMILES string of the molecule is C=O.C=O.NCCCc1cccc2cnccc12. The molecule has 0 saturated carbocycles. The molecule has 0 bridgehead atoms. The lowest BCUT2D eigenvalue weighted by Crippen LogP contribution is -2.00. The molecule has 0 aliphatic heterocycles. The van der Waals surface area contributed by atoms with Crippen LogP contribution in [0.1, 0.15) is 12.0 Å². The van der Waals surface area contributed by atoms with E-state index in [1.54, 1.807) is 0 Å². The molecule has 0 radical (unpaired) electrons. The lowest BCUT2D eigenvalue weighted by atomic mass is 10.0. The molecule has 0 fully saturated rings. The fourth-order valence-electron chi connectivity index (χ4n) is 1.70. The molecule has 1 aromatic carbocycles. The predicted molar refractivity (Wildman–Crippen MR) is 73.4 cm³/mol. The van der Waals surface area contributed by atoms with Gasteiger partial charge < -0.3 is 15.3 Å². The van der Waals surface area contributed by atoms with Crippen LogP contribution in [0.15, 0.2) is 36.7 Å². The molecule has 96 valence electrons. The third-order valence-corrected chi connectivity index (χ3v) is 2.42. The number of aryl methyl sites for hydroxylation is 1. The van der Waals surface area contributed by atoms with Gasteiger partial charge in [-0.05, 0) is 36.4 Å². The number of benzene rings is 1. The largest absolute Gasteiger partial charge is 0.330 e. The van der Waals surface area contributed by atoms with E-state index >= 15 is 0 Å². The highest BCUT2D eigenvalue weighted by atomic mass is 16.1. The summed E-state index contributed by atoms with van der Waals surface area (Å²) < 4.78 is 0. The van der Waals surface area contributed by atoms with Crippen LogP contribution < -0.4 is 5.73 Å². The maximum Gasteiger partial charge on any atom is 0.106 e. The van der Waals surface area contributed by atoms with Crippen molar-refractivity contribution in [3.8, 4) is 0 Å². The van der Waals surface area contributed by atoms with Gasteiger partial charge in [-0.25, -0.2) is 0 Å². The van der Waals surface area contributed by atoms with Crippen molar-refractivity contribution < 1.29 is 9.59 Å². The van der Waals surface area contributed by atoms with E-state index in [0.29, 0.717) is 0 Å². The highest BCUT2D eigenvalue weighted by molar-refractivity contribution is 5.84. The van der Waals surface area contributed by atoms with Gasteiger partial charge in [-0.2, -0.15) is 0 Å². The number of nitrogens with two attached hydrogens (primary N) is 1. The molecule has 4 nitrogen and oxygen atoms in total. The molecule has 4 heteroatoms. The Morgan fingerprint density at radius 3 is 2.50 bits per heavy atom. The minimum absolute atomic E-state index is 0.751. The van der Waals surface area contributed by atoms with Crippen molar-refractivity contribution in [3.05, 3.63) is 42.2 Å². The summed E-state index contributed by atoms with van der Waals surface area (Å²) in [5, 5.41) is 2.51. The summed E-state index contributed by atoms with van der Waals surface area (Å²) in [5.41, 5.74) is 6.88. The Morgan fingerprint density at radius 2 is 1.83 bits per heavy atom. The highest BCUT2D eigenvalue weighted by Crippen LogP contribution is 2.18. The lowest BCUT2D eigenvalue weighted by molar-refractivity contribution is -0.0987. The Morgan fingerprint density at radius 1 is 1.11 bits per heavy atom. The van der Waals surface area contributed by atoms with Crippen molar-refractivity contribution in [3.63, 3.8) is 0 Å². The number of aromatic nitrogens is 1. The van der Waals surface area contributed by atoms with Gasteiger partial charge in [0, 0.05) is 17.8 Å². The fraction of sp³-hybridized carbons (Fsp3) is 0.214. The second kappa shape index (κ2) is 10.1. The molecule has 18 heavy (non-hydrogen) atoms. The van der Waals surface area contributed by atoms with Gasteiger partial charge in [0.05, 0.1) is 0 Å². The zero-order chi connectivity index (χ0) is 13.8. The first-order valence-corrected chi connectivity index (χ1v) is 5.51. The van der Waals surface area contributed by atoms with E-state index < -0.39 is 0 Å². The quantitative estimate of drug-likeness (QED) is 0.895. The first-order valence-electron chi connectivity index (χ1n) is 5.51. The molecule has 2 N–H and O–H groups in total. The van der Waals surface area contributed by atoms with Gasteiger partial charge in [0.1, 0.15) is 13.6 Å². The number of hydrogen-bond donors (Lipinski definition) is 1. The molecule has 0 unspecified atom stereocenters. The van der Waals surface area contributed by atoms with E-state index in [9.17, 15) is 0 Å². The third kappa shape index (κ3) is 4.43. The Labute approximate surface area is 107 Å². The average molecular weight is 246 g/mol. The van der Waals surface area contributed by atoms with Gasteiger partial charge >= 0.3 is 0 Å². The standard InChI is InChI=1S/C12H14N2.2CH2O/c13-7-2-5-10-3-1-4-11-9-14-8-6-12(10)11;2*1-2/h1,3-4,6,8-9H,2,5,7,13H2;2*1H2. The molecule has 1 aromatic heterocycles. The molecule has 0 aliphatic carbocycles. The molecule has 2 aromatic rings. The van der Waals surface area contributed by atoms with Crippen LogP contribution >= 0.6 is 0 Å². The molecule has 0 spiro atoms. The van der Waals surface area contributed by atoms with E-state index in [1.807, 2.05) is 26.0 Å². The first-order chi connectivity index (χ1) is 8.92. The van der Waals surface area contributed by atoms with Gasteiger partial charge in [0.2, 0.25) is 0 Å². The smallest absolute Gasteiger partial charge is 0.106 e. The maximum atomic E-state index is 8.00. The minimum atomic E-state index is 0.751. The maximum absolute atomic E-state index is 8.00. The zero-order valence-corrected chi connectivity index (χ0v) is 10.3. The molecular weight excluding hydrogens is 228 g/mol. The summed E-state index contributed by atoms with van der Waals surface area (Å²) >= 11 is 0. The van der Waals surface area contributed by atoms with Crippen LogP contribution in [0.5, 0.6) is 0 Å². The van der Waals surface area contributed by atoms with Crippen molar-refractivity contribution >= 4 is 24.4 Å². The lowest BCUT2D eigenvalue weighted by Gasteiger charge is -2.04. The molecule has 2 rings (SSSR count). The summed E-state index contributed by atoms with van der Waals surface area (Å²) in [6, 6.07) is 8.41. The second-order valence-corrected chi connectivity index (χ2v) is 3.41. The number of hydrogen-bond acceptors (Lipinski definition) is 4.